The van der Waals surface area contributed by atoms with Crippen LogP contribution in [0.5, 0.6) is 5.75 Å². The molecule has 31 heavy (non-hydrogen) atoms. The summed E-state index contributed by atoms with van der Waals surface area (Å²) in [5, 5.41) is 11.0. The van der Waals surface area contributed by atoms with Crippen molar-refractivity contribution in [3.63, 3.8) is 0 Å². The molecule has 0 aliphatic heterocycles. The maximum atomic E-state index is 12.4. The van der Waals surface area contributed by atoms with Crippen LogP contribution in [0.15, 0.2) is 48.5 Å². The van der Waals surface area contributed by atoms with E-state index >= 15 is 0 Å². The zero-order valence-corrected chi connectivity index (χ0v) is 22.4. The number of hydrogen-bond acceptors (Lipinski definition) is 3. The second-order valence-corrected chi connectivity index (χ2v) is 16.2. The molecule has 0 unspecified atom stereocenters. The van der Waals surface area contributed by atoms with E-state index in [4.69, 9.17) is 4.74 Å². The van der Waals surface area contributed by atoms with Gasteiger partial charge in [0.2, 0.25) is 0 Å². The molecule has 0 saturated carbocycles. The van der Waals surface area contributed by atoms with Gasteiger partial charge in [0.25, 0.3) is 0 Å². The number of hydrogen-bond donors (Lipinski definition) is 1. The molecule has 0 aromatic heterocycles. The normalized spacial score (nSPS) is 12.4. The minimum absolute atomic E-state index is 0. The number of ether oxygens (including phenoxy) is 1. The Bertz CT molecular complexity index is 798. The van der Waals surface area contributed by atoms with Gasteiger partial charge in [-0.05, 0) is 0 Å². The van der Waals surface area contributed by atoms with E-state index in [2.05, 4.69) is 52.0 Å². The molecule has 1 atom stereocenters. The second kappa shape index (κ2) is 13.3. The standard InChI is InChI=1S/C26H37AsO3.ClH/c1-18(2)26(29)30-25-13-12-21(17-28)16-24(25)23(22-10-8-7-9-11-22)14-15-27(19(3)4)20(5)6;/h7-13,16,18-20,23,28H,14-15,17H2,1-6H3;1H/t23-;/m1./s1. The minimum atomic E-state index is -0.998. The van der Waals surface area contributed by atoms with Crippen LogP contribution in [0.25, 0.3) is 0 Å². The van der Waals surface area contributed by atoms with Crippen molar-refractivity contribution < 1.29 is 14.6 Å². The number of rotatable bonds is 10. The largest absolute Gasteiger partial charge is 0.147 e. The maximum absolute atomic E-state index is 12.4. The van der Waals surface area contributed by atoms with Crippen LogP contribution in [0.3, 0.4) is 0 Å². The van der Waals surface area contributed by atoms with E-state index in [0.717, 1.165) is 27.0 Å². The first kappa shape index (κ1) is 27.8. The van der Waals surface area contributed by atoms with Crippen LogP contribution in [0, 0.1) is 5.92 Å². The summed E-state index contributed by atoms with van der Waals surface area (Å²) in [7, 11) is 0. The molecule has 1 N–H and O–H groups in total. The number of benzene rings is 2. The Hall–Kier alpha value is -1.28. The van der Waals surface area contributed by atoms with Gasteiger partial charge in [-0.1, -0.05) is 0 Å². The van der Waals surface area contributed by atoms with Gasteiger partial charge < -0.3 is 0 Å². The van der Waals surface area contributed by atoms with Gasteiger partial charge in [-0.2, -0.15) is 0 Å². The molecule has 0 heterocycles. The average molecular weight is 509 g/mol. The van der Waals surface area contributed by atoms with Gasteiger partial charge in [-0.25, -0.2) is 0 Å². The summed E-state index contributed by atoms with van der Waals surface area (Å²) in [5.74, 6) is 0.344. The van der Waals surface area contributed by atoms with E-state index in [-0.39, 0.29) is 36.8 Å². The van der Waals surface area contributed by atoms with Crippen molar-refractivity contribution in [2.75, 3.05) is 0 Å². The Kier molecular flexibility index (Phi) is 11.9. The van der Waals surface area contributed by atoms with Crippen LogP contribution >= 0.6 is 12.4 Å². The van der Waals surface area contributed by atoms with E-state index in [0.29, 0.717) is 5.75 Å². The SMILES string of the molecule is CC(C)C(=O)Oc1ccc(CO)cc1[C@H](CC[As](C(C)C)C(C)C)c1ccccc1.Cl. The van der Waals surface area contributed by atoms with Crippen molar-refractivity contribution in [3.8, 4) is 5.75 Å². The molecular weight excluding hydrogens is 471 g/mol. The number of aliphatic hydroxyl groups excluding tert-OH is 1. The first-order valence-electron chi connectivity index (χ1n) is 11.0. The number of aliphatic hydroxyl groups is 1. The minimum Gasteiger partial charge on any atom is -0.147 e. The molecule has 0 spiro atoms. The molecule has 5 heteroatoms. The van der Waals surface area contributed by atoms with Gasteiger partial charge in [0.1, 0.15) is 0 Å². The monoisotopic (exact) mass is 508 g/mol. The van der Waals surface area contributed by atoms with E-state index in [1.165, 1.54) is 10.8 Å². The summed E-state index contributed by atoms with van der Waals surface area (Å²) < 4.78 is 7.32. The molecule has 2 rings (SSSR count). The first-order valence-corrected chi connectivity index (χ1v) is 14.5. The summed E-state index contributed by atoms with van der Waals surface area (Å²) in [6, 6.07) is 16.2. The average Bonchev–Trinajstić information content (AvgIpc) is 2.71. The van der Waals surface area contributed by atoms with Crippen molar-refractivity contribution in [3.05, 3.63) is 65.2 Å². The number of halogens is 1. The van der Waals surface area contributed by atoms with Gasteiger partial charge in [0, 0.05) is 0 Å². The van der Waals surface area contributed by atoms with E-state index in [9.17, 15) is 9.90 Å². The summed E-state index contributed by atoms with van der Waals surface area (Å²) in [6.45, 7) is 13.1. The predicted molar refractivity (Wildman–Crippen MR) is 134 cm³/mol. The topological polar surface area (TPSA) is 46.5 Å². The Balaban J connectivity index is 0.00000480. The van der Waals surface area contributed by atoms with E-state index < -0.39 is 14.7 Å². The van der Waals surface area contributed by atoms with Crippen LogP contribution in [-0.4, -0.2) is 25.7 Å². The van der Waals surface area contributed by atoms with Gasteiger partial charge in [-0.3, -0.25) is 0 Å². The molecule has 0 radical (unpaired) electrons. The molecule has 2 aromatic rings. The van der Waals surface area contributed by atoms with Crippen LogP contribution in [0.2, 0.25) is 14.6 Å². The van der Waals surface area contributed by atoms with Crippen molar-refractivity contribution in [1.29, 1.82) is 0 Å². The third-order valence-corrected chi connectivity index (χ3v) is 12.7. The molecule has 2 aromatic carbocycles. The summed E-state index contributed by atoms with van der Waals surface area (Å²) in [5.41, 5.74) is 3.08. The second-order valence-electron chi connectivity index (χ2n) is 8.78. The fraction of sp³-hybridized carbons (Fsp3) is 0.500. The van der Waals surface area contributed by atoms with Crippen LogP contribution in [-0.2, 0) is 11.4 Å². The fourth-order valence-corrected chi connectivity index (χ4v) is 9.70. The molecule has 0 saturated heterocycles. The zero-order valence-electron chi connectivity index (χ0n) is 19.7. The third kappa shape index (κ3) is 7.97. The third-order valence-electron chi connectivity index (χ3n) is 5.52. The summed E-state index contributed by atoms with van der Waals surface area (Å²) in [4.78, 5) is 12.4. The molecule has 3 nitrogen and oxygen atoms in total. The van der Waals surface area contributed by atoms with Gasteiger partial charge >= 0.3 is 187 Å². The summed E-state index contributed by atoms with van der Waals surface area (Å²) in [6.07, 6.45) is 1.03. The molecule has 172 valence electrons. The Morgan fingerprint density at radius 2 is 1.58 bits per heavy atom. The van der Waals surface area contributed by atoms with Gasteiger partial charge in [0.05, 0.1) is 0 Å². The number of esters is 1. The maximum Gasteiger partial charge on any atom is -0.147 e. The number of carbonyl (C=O) groups is 1. The summed E-state index contributed by atoms with van der Waals surface area (Å²) >= 11 is -0.998. The number of carbonyl (C=O) groups excluding carboxylic acids is 1. The molecule has 0 bridgehead atoms. The van der Waals surface area contributed by atoms with Crippen molar-refractivity contribution in [2.24, 2.45) is 5.92 Å². The molecular formula is C26H38AsClO3. The first-order chi connectivity index (χ1) is 14.2. The van der Waals surface area contributed by atoms with Crippen LogP contribution in [0.1, 0.15) is 70.6 Å². The van der Waals surface area contributed by atoms with Crippen molar-refractivity contribution in [2.45, 2.75) is 75.1 Å². The molecule has 0 fully saturated rings. The predicted octanol–water partition coefficient (Wildman–Crippen LogP) is 7.00. The van der Waals surface area contributed by atoms with Crippen LogP contribution < -0.4 is 4.74 Å². The molecule has 0 amide bonds. The van der Waals surface area contributed by atoms with Gasteiger partial charge in [-0.15, -0.1) is 12.4 Å². The fourth-order valence-electron chi connectivity index (χ4n) is 3.87. The molecule has 0 aliphatic rings. The van der Waals surface area contributed by atoms with E-state index in [1.807, 2.05) is 38.1 Å². The van der Waals surface area contributed by atoms with Gasteiger partial charge in [0.15, 0.2) is 0 Å². The smallest absolute Gasteiger partial charge is 0.147 e. The zero-order chi connectivity index (χ0) is 22.3. The van der Waals surface area contributed by atoms with E-state index in [1.54, 1.807) is 0 Å². The Morgan fingerprint density at radius 3 is 2.10 bits per heavy atom. The Labute approximate surface area is 199 Å². The molecule has 0 aliphatic carbocycles. The Morgan fingerprint density at radius 1 is 0.968 bits per heavy atom. The van der Waals surface area contributed by atoms with Crippen molar-refractivity contribution in [1.82, 2.24) is 0 Å². The van der Waals surface area contributed by atoms with Crippen LogP contribution in [0.4, 0.5) is 0 Å². The quantitative estimate of drug-likeness (QED) is 0.213. The van der Waals surface area contributed by atoms with Crippen molar-refractivity contribution >= 4 is 33.0 Å².